The summed E-state index contributed by atoms with van der Waals surface area (Å²) in [6.45, 7) is 4.15. The molecule has 3 rings (SSSR count). The number of hydrogen-bond donors (Lipinski definition) is 1. The molecule has 1 N–H and O–H groups in total. The molecule has 0 saturated heterocycles. The number of fused-ring (bicyclic) bond motifs is 1. The zero-order chi connectivity index (χ0) is 17.1. The Hall–Kier alpha value is -2.34. The predicted molar refractivity (Wildman–Crippen MR) is 91.8 cm³/mol. The predicted octanol–water partition coefficient (Wildman–Crippen LogP) is 3.56. The average molecular weight is 347 g/mol. The molecule has 1 atom stereocenters. The Morgan fingerprint density at radius 2 is 2.17 bits per heavy atom. The first-order valence-electron chi connectivity index (χ1n) is 7.98. The summed E-state index contributed by atoms with van der Waals surface area (Å²) < 4.78 is 6.97. The Balaban J connectivity index is 2.20. The van der Waals surface area contributed by atoms with Crippen LogP contribution < -0.4 is 5.32 Å². The molecule has 126 valence electrons. The minimum atomic E-state index is -0.460. The number of ether oxygens (including phenoxy) is 1. The van der Waals surface area contributed by atoms with Crippen molar-refractivity contribution < 1.29 is 9.53 Å². The van der Waals surface area contributed by atoms with Gasteiger partial charge in [0.1, 0.15) is 12.4 Å². The molecule has 0 fully saturated rings. The fraction of sp³-hybridized carbons (Fsp3) is 0.353. The molecule has 6 nitrogen and oxygen atoms in total. The lowest BCUT2D eigenvalue weighted by Crippen LogP contribution is -2.30. The zero-order valence-electron chi connectivity index (χ0n) is 13.6. The van der Waals surface area contributed by atoms with Crippen LogP contribution in [0.3, 0.4) is 0 Å². The van der Waals surface area contributed by atoms with Gasteiger partial charge in [-0.05, 0) is 19.4 Å². The molecule has 1 aliphatic heterocycles. The fourth-order valence-corrected chi connectivity index (χ4v) is 3.13. The largest absolute Gasteiger partial charge is 0.463 e. The van der Waals surface area contributed by atoms with Gasteiger partial charge in [0, 0.05) is 16.3 Å². The molecule has 0 spiro atoms. The van der Waals surface area contributed by atoms with E-state index in [2.05, 4.69) is 22.3 Å². The van der Waals surface area contributed by atoms with Crippen molar-refractivity contribution in [2.24, 2.45) is 0 Å². The van der Waals surface area contributed by atoms with Crippen molar-refractivity contribution in [2.75, 3.05) is 11.9 Å². The van der Waals surface area contributed by atoms with E-state index in [1.165, 1.54) is 6.33 Å². The second-order valence-electron chi connectivity index (χ2n) is 5.44. The van der Waals surface area contributed by atoms with Crippen LogP contribution in [-0.4, -0.2) is 27.3 Å². The lowest BCUT2D eigenvalue weighted by molar-refractivity contribution is -0.139. The minimum Gasteiger partial charge on any atom is -0.463 e. The second-order valence-corrected chi connectivity index (χ2v) is 5.85. The van der Waals surface area contributed by atoms with Gasteiger partial charge >= 0.3 is 5.97 Å². The third-order valence-electron chi connectivity index (χ3n) is 3.87. The summed E-state index contributed by atoms with van der Waals surface area (Å²) in [5, 5.41) is 8.07. The van der Waals surface area contributed by atoms with E-state index in [4.69, 9.17) is 16.3 Å². The van der Waals surface area contributed by atoms with Crippen LogP contribution in [0.25, 0.3) is 0 Å². The van der Waals surface area contributed by atoms with Crippen molar-refractivity contribution in [1.82, 2.24) is 14.8 Å². The monoisotopic (exact) mass is 346 g/mol. The zero-order valence-corrected chi connectivity index (χ0v) is 14.4. The van der Waals surface area contributed by atoms with Gasteiger partial charge in [-0.2, -0.15) is 10.1 Å². The summed E-state index contributed by atoms with van der Waals surface area (Å²) in [6, 6.07) is 6.99. The van der Waals surface area contributed by atoms with Crippen molar-refractivity contribution in [1.29, 1.82) is 0 Å². The smallest absolute Gasteiger partial charge is 0.338 e. The van der Waals surface area contributed by atoms with Crippen LogP contribution in [0.5, 0.6) is 0 Å². The molecule has 24 heavy (non-hydrogen) atoms. The van der Waals surface area contributed by atoms with Gasteiger partial charge in [-0.25, -0.2) is 9.48 Å². The van der Waals surface area contributed by atoms with Gasteiger partial charge in [0.2, 0.25) is 5.95 Å². The summed E-state index contributed by atoms with van der Waals surface area (Å²) in [6.07, 6.45) is 3.06. The number of hydrogen-bond acceptors (Lipinski definition) is 5. The molecule has 2 heterocycles. The minimum absolute atomic E-state index is 0.307. The van der Waals surface area contributed by atoms with Gasteiger partial charge in [-0.3, -0.25) is 0 Å². The summed E-state index contributed by atoms with van der Waals surface area (Å²) in [5.74, 6) is 0.232. The fourth-order valence-electron chi connectivity index (χ4n) is 2.89. The molecule has 1 aliphatic rings. The van der Waals surface area contributed by atoms with Gasteiger partial charge in [-0.15, -0.1) is 0 Å². The number of nitrogens with zero attached hydrogens (tertiary/aromatic N) is 3. The maximum atomic E-state index is 12.7. The van der Waals surface area contributed by atoms with Gasteiger partial charge in [0.15, 0.2) is 0 Å². The summed E-state index contributed by atoms with van der Waals surface area (Å²) in [5.41, 5.74) is 2.13. The van der Waals surface area contributed by atoms with Gasteiger partial charge in [-0.1, -0.05) is 43.1 Å². The van der Waals surface area contributed by atoms with Gasteiger partial charge in [0.05, 0.1) is 12.2 Å². The van der Waals surface area contributed by atoms with Crippen LogP contribution in [0.15, 0.2) is 41.9 Å². The average Bonchev–Trinajstić information content (AvgIpc) is 3.03. The molecule has 0 radical (unpaired) electrons. The summed E-state index contributed by atoms with van der Waals surface area (Å²) >= 11 is 6.41. The van der Waals surface area contributed by atoms with E-state index < -0.39 is 6.04 Å². The second kappa shape index (κ2) is 7.05. The standard InChI is InChI=1S/C17H19ClN4O2/c1-3-7-13-14(16(23)24-4-2)15(11-8-5-6-9-12(11)18)22-17(21-13)19-10-20-22/h5-6,8-10,15H,3-4,7H2,1-2H3,(H,19,20,21)/t15-/m1/s1. The molecule has 0 aliphatic carbocycles. The van der Waals surface area contributed by atoms with Crippen LogP contribution >= 0.6 is 11.6 Å². The van der Waals surface area contributed by atoms with E-state index in [1.807, 2.05) is 18.2 Å². The number of esters is 1. The van der Waals surface area contributed by atoms with Crippen molar-refractivity contribution in [3.05, 3.63) is 52.4 Å². The number of benzene rings is 1. The number of carbonyl (C=O) groups excluding carboxylic acids is 1. The Kier molecular flexibility index (Phi) is 4.85. The molecule has 0 amide bonds. The quantitative estimate of drug-likeness (QED) is 0.838. The highest BCUT2D eigenvalue weighted by molar-refractivity contribution is 6.31. The number of anilines is 1. The summed E-state index contributed by atoms with van der Waals surface area (Å²) in [7, 11) is 0. The molecule has 0 unspecified atom stereocenters. The first-order valence-corrected chi connectivity index (χ1v) is 8.36. The lowest BCUT2D eigenvalue weighted by atomic mass is 9.94. The highest BCUT2D eigenvalue weighted by Gasteiger charge is 2.36. The van der Waals surface area contributed by atoms with E-state index in [9.17, 15) is 4.79 Å². The first kappa shape index (κ1) is 16.5. The van der Waals surface area contributed by atoms with E-state index in [-0.39, 0.29) is 5.97 Å². The van der Waals surface area contributed by atoms with E-state index in [0.717, 1.165) is 17.7 Å². The van der Waals surface area contributed by atoms with Crippen molar-refractivity contribution >= 4 is 23.5 Å². The van der Waals surface area contributed by atoms with Crippen molar-refractivity contribution in [3.8, 4) is 0 Å². The van der Waals surface area contributed by atoms with Crippen LogP contribution in [0.4, 0.5) is 5.95 Å². The Labute approximate surface area is 145 Å². The van der Waals surface area contributed by atoms with Crippen LogP contribution in [-0.2, 0) is 9.53 Å². The van der Waals surface area contributed by atoms with E-state index in [1.54, 1.807) is 17.7 Å². The molecular weight excluding hydrogens is 328 g/mol. The third-order valence-corrected chi connectivity index (χ3v) is 4.22. The topological polar surface area (TPSA) is 69.0 Å². The Bertz CT molecular complexity index is 784. The third kappa shape index (κ3) is 2.89. The van der Waals surface area contributed by atoms with Gasteiger partial charge in [0.25, 0.3) is 0 Å². The van der Waals surface area contributed by atoms with Crippen LogP contribution in [0, 0.1) is 0 Å². The Morgan fingerprint density at radius 3 is 2.88 bits per heavy atom. The van der Waals surface area contributed by atoms with Crippen molar-refractivity contribution in [2.45, 2.75) is 32.7 Å². The number of aromatic nitrogens is 3. The molecule has 7 heteroatoms. The number of nitrogens with one attached hydrogen (secondary N) is 1. The molecule has 0 bridgehead atoms. The van der Waals surface area contributed by atoms with Gasteiger partial charge < -0.3 is 10.1 Å². The normalized spacial score (nSPS) is 16.5. The van der Waals surface area contributed by atoms with E-state index >= 15 is 0 Å². The molecule has 0 saturated carbocycles. The number of halogens is 1. The number of allylic oxidation sites excluding steroid dienone is 1. The first-order chi connectivity index (χ1) is 11.7. The maximum Gasteiger partial charge on any atom is 0.338 e. The number of carbonyl (C=O) groups is 1. The highest BCUT2D eigenvalue weighted by Crippen LogP contribution is 2.39. The molecule has 2 aromatic rings. The van der Waals surface area contributed by atoms with Crippen LogP contribution in [0.2, 0.25) is 5.02 Å². The lowest BCUT2D eigenvalue weighted by Gasteiger charge is -2.29. The SMILES string of the molecule is CCCC1=C(C(=O)OCC)[C@@H](c2ccccc2Cl)n2ncnc2N1. The number of rotatable bonds is 5. The Morgan fingerprint density at radius 1 is 1.38 bits per heavy atom. The molecular formula is C17H19ClN4O2. The maximum absolute atomic E-state index is 12.7. The van der Waals surface area contributed by atoms with Crippen LogP contribution in [0.1, 0.15) is 38.3 Å². The molecule has 1 aromatic heterocycles. The highest BCUT2D eigenvalue weighted by atomic mass is 35.5. The summed E-state index contributed by atoms with van der Waals surface area (Å²) in [4.78, 5) is 16.9. The van der Waals surface area contributed by atoms with E-state index in [0.29, 0.717) is 29.6 Å². The van der Waals surface area contributed by atoms with Crippen molar-refractivity contribution in [3.63, 3.8) is 0 Å². The molecule has 1 aromatic carbocycles.